The van der Waals surface area contributed by atoms with Crippen LogP contribution < -0.4 is 10.1 Å². The first kappa shape index (κ1) is 27.1. The van der Waals surface area contributed by atoms with E-state index < -0.39 is 0 Å². The first-order valence-electron chi connectivity index (χ1n) is 13.6. The van der Waals surface area contributed by atoms with Gasteiger partial charge in [-0.05, 0) is 44.5 Å². The van der Waals surface area contributed by atoms with Gasteiger partial charge in [-0.1, -0.05) is 62.6 Å². The topological polar surface area (TPSA) is 82.1 Å². The van der Waals surface area contributed by atoms with Gasteiger partial charge in [-0.3, -0.25) is 14.5 Å². The molecular weight excluding hydrogens is 466 g/mol. The minimum absolute atomic E-state index is 0.00224. The highest BCUT2D eigenvalue weighted by Crippen LogP contribution is 2.36. The zero-order valence-electron chi connectivity index (χ0n) is 22.4. The molecule has 1 aliphatic carbocycles. The summed E-state index contributed by atoms with van der Waals surface area (Å²) in [5.74, 6) is 0.236. The van der Waals surface area contributed by atoms with E-state index in [0.717, 1.165) is 32.2 Å². The third-order valence-electron chi connectivity index (χ3n) is 7.71. The number of nitrogens with zero attached hydrogens (tertiary/aromatic N) is 2. The lowest BCUT2D eigenvalue weighted by Crippen LogP contribution is -2.49. The van der Waals surface area contributed by atoms with E-state index in [9.17, 15) is 14.7 Å². The first-order valence-corrected chi connectivity index (χ1v) is 13.6. The molecular formula is C30H41N3O4. The van der Waals surface area contributed by atoms with Gasteiger partial charge < -0.3 is 20.1 Å². The second-order valence-electron chi connectivity index (χ2n) is 10.8. The van der Waals surface area contributed by atoms with Crippen molar-refractivity contribution in [1.82, 2.24) is 9.80 Å². The number of hydrogen-bond acceptors (Lipinski definition) is 5. The molecule has 7 heteroatoms. The van der Waals surface area contributed by atoms with Crippen LogP contribution >= 0.6 is 0 Å². The molecule has 1 fully saturated rings. The molecule has 2 N–H and O–H groups in total. The number of hydrogen-bond donors (Lipinski definition) is 2. The summed E-state index contributed by atoms with van der Waals surface area (Å²) in [4.78, 5) is 30.8. The molecule has 7 nitrogen and oxygen atoms in total. The van der Waals surface area contributed by atoms with Crippen LogP contribution in [0.4, 0.5) is 5.69 Å². The zero-order valence-corrected chi connectivity index (χ0v) is 22.4. The van der Waals surface area contributed by atoms with Gasteiger partial charge in [0.25, 0.3) is 5.91 Å². The van der Waals surface area contributed by atoms with Crippen molar-refractivity contribution < 1.29 is 19.4 Å². The van der Waals surface area contributed by atoms with E-state index in [1.165, 1.54) is 12.0 Å². The predicted molar refractivity (Wildman–Crippen MR) is 146 cm³/mol. The molecule has 2 aromatic rings. The molecule has 0 unspecified atom stereocenters. The quantitative estimate of drug-likeness (QED) is 0.548. The molecule has 1 saturated carbocycles. The Labute approximate surface area is 220 Å². The van der Waals surface area contributed by atoms with Gasteiger partial charge in [0, 0.05) is 31.5 Å². The molecule has 1 aliphatic heterocycles. The van der Waals surface area contributed by atoms with Gasteiger partial charge in [0.1, 0.15) is 6.10 Å². The van der Waals surface area contributed by atoms with Crippen molar-refractivity contribution in [2.45, 2.75) is 64.6 Å². The largest absolute Gasteiger partial charge is 0.486 e. The van der Waals surface area contributed by atoms with E-state index >= 15 is 0 Å². The smallest absolute Gasteiger partial charge is 0.258 e. The van der Waals surface area contributed by atoms with Crippen LogP contribution in [0, 0.1) is 11.8 Å². The van der Waals surface area contributed by atoms with Crippen molar-refractivity contribution in [3.63, 3.8) is 0 Å². The number of fused-ring (bicyclic) bond motifs is 1. The van der Waals surface area contributed by atoms with Crippen LogP contribution in [-0.4, -0.2) is 65.6 Å². The number of ether oxygens (including phenoxy) is 1. The second kappa shape index (κ2) is 12.6. The first-order chi connectivity index (χ1) is 17.9. The number of amides is 2. The highest BCUT2D eigenvalue weighted by molar-refractivity contribution is 6.02. The van der Waals surface area contributed by atoms with E-state index in [0.29, 0.717) is 30.1 Å². The summed E-state index contributed by atoms with van der Waals surface area (Å²) < 4.78 is 6.64. The normalized spacial score (nSPS) is 21.5. The monoisotopic (exact) mass is 507 g/mol. The molecule has 0 radical (unpaired) electrons. The van der Waals surface area contributed by atoms with Crippen LogP contribution in [0.15, 0.2) is 48.5 Å². The number of rotatable bonds is 8. The lowest BCUT2D eigenvalue weighted by Gasteiger charge is -2.38. The lowest BCUT2D eigenvalue weighted by molar-refractivity contribution is -0.120. The molecule has 200 valence electrons. The fraction of sp³-hybridized carbons (Fsp3) is 0.533. The van der Waals surface area contributed by atoms with E-state index in [1.54, 1.807) is 17.0 Å². The Morgan fingerprint density at radius 3 is 2.57 bits per heavy atom. The molecule has 1 heterocycles. The van der Waals surface area contributed by atoms with Crippen LogP contribution in [0.1, 0.15) is 61.9 Å². The van der Waals surface area contributed by atoms with E-state index in [1.807, 2.05) is 31.2 Å². The van der Waals surface area contributed by atoms with Crippen LogP contribution in [0.5, 0.6) is 5.75 Å². The van der Waals surface area contributed by atoms with Gasteiger partial charge in [0.2, 0.25) is 5.91 Å². The summed E-state index contributed by atoms with van der Waals surface area (Å²) in [6.07, 6.45) is 4.89. The number of nitrogens with one attached hydrogen (secondary N) is 1. The minimum Gasteiger partial charge on any atom is -0.486 e. The maximum atomic E-state index is 13.7. The van der Waals surface area contributed by atoms with Gasteiger partial charge in [0.05, 0.1) is 23.9 Å². The van der Waals surface area contributed by atoms with Gasteiger partial charge in [-0.25, -0.2) is 0 Å². The SMILES string of the molecule is C[C@@H]1CN([C@H](C)CO)C(=O)c2cccc(NC(=O)C3CCCCC3)c2O[C@@H]1CN(C)Cc1ccccc1. The van der Waals surface area contributed by atoms with E-state index in [4.69, 9.17) is 4.74 Å². The summed E-state index contributed by atoms with van der Waals surface area (Å²) in [6.45, 7) is 5.72. The Morgan fingerprint density at radius 1 is 1.14 bits per heavy atom. The molecule has 3 atom stereocenters. The molecule has 37 heavy (non-hydrogen) atoms. The Bertz CT molecular complexity index is 1050. The van der Waals surface area contributed by atoms with E-state index in [-0.39, 0.29) is 42.4 Å². The summed E-state index contributed by atoms with van der Waals surface area (Å²) in [5, 5.41) is 13.0. The van der Waals surface area contributed by atoms with Crippen molar-refractivity contribution in [2.24, 2.45) is 11.8 Å². The average molecular weight is 508 g/mol. The predicted octanol–water partition coefficient (Wildman–Crippen LogP) is 4.56. The molecule has 2 aromatic carbocycles. The summed E-state index contributed by atoms with van der Waals surface area (Å²) in [5.41, 5.74) is 2.18. The third kappa shape index (κ3) is 6.70. The molecule has 4 rings (SSSR count). The molecule has 0 aromatic heterocycles. The maximum absolute atomic E-state index is 13.7. The third-order valence-corrected chi connectivity index (χ3v) is 7.71. The number of benzene rings is 2. The second-order valence-corrected chi connectivity index (χ2v) is 10.8. The Kier molecular flexibility index (Phi) is 9.22. The van der Waals surface area contributed by atoms with Crippen LogP contribution in [-0.2, 0) is 11.3 Å². The number of para-hydroxylation sites is 1. The zero-order chi connectivity index (χ0) is 26.4. The number of aliphatic hydroxyl groups excluding tert-OH is 1. The van der Waals surface area contributed by atoms with Crippen molar-refractivity contribution >= 4 is 17.5 Å². The number of likely N-dealkylation sites (N-methyl/N-ethyl adjacent to an activating group) is 1. The molecule has 0 spiro atoms. The van der Waals surface area contributed by atoms with Crippen molar-refractivity contribution in [3.05, 3.63) is 59.7 Å². The number of anilines is 1. The summed E-state index contributed by atoms with van der Waals surface area (Å²) in [7, 11) is 2.07. The highest BCUT2D eigenvalue weighted by atomic mass is 16.5. The Hall–Kier alpha value is -2.90. The number of carbonyl (C=O) groups excluding carboxylic acids is 2. The standard InChI is InChI=1S/C30H41N3O4/c1-21-17-33(22(2)20-34)30(36)25-15-10-16-26(31-29(35)24-13-8-5-9-14-24)28(25)37-27(21)19-32(3)18-23-11-6-4-7-12-23/h4,6-7,10-12,15-16,21-22,24,27,34H,5,8-9,13-14,17-20H2,1-3H3,(H,31,35)/t21-,22-,27-/m1/s1. The highest BCUT2D eigenvalue weighted by Gasteiger charge is 2.35. The molecule has 2 amide bonds. The molecule has 0 saturated heterocycles. The van der Waals surface area contributed by atoms with Gasteiger partial charge in [-0.15, -0.1) is 0 Å². The summed E-state index contributed by atoms with van der Waals surface area (Å²) in [6, 6.07) is 15.3. The fourth-order valence-corrected chi connectivity index (χ4v) is 5.43. The van der Waals surface area contributed by atoms with Crippen LogP contribution in [0.2, 0.25) is 0 Å². The average Bonchev–Trinajstić information content (AvgIpc) is 2.91. The number of aliphatic hydroxyl groups is 1. The van der Waals surface area contributed by atoms with Gasteiger partial charge in [0.15, 0.2) is 5.75 Å². The van der Waals surface area contributed by atoms with Crippen LogP contribution in [0.25, 0.3) is 0 Å². The van der Waals surface area contributed by atoms with Crippen molar-refractivity contribution in [2.75, 3.05) is 32.1 Å². The van der Waals surface area contributed by atoms with Crippen LogP contribution in [0.3, 0.4) is 0 Å². The molecule has 0 bridgehead atoms. The lowest BCUT2D eigenvalue weighted by atomic mass is 9.88. The number of carbonyl (C=O) groups is 2. The van der Waals surface area contributed by atoms with Gasteiger partial charge >= 0.3 is 0 Å². The van der Waals surface area contributed by atoms with Crippen molar-refractivity contribution in [3.8, 4) is 5.75 Å². The van der Waals surface area contributed by atoms with Crippen molar-refractivity contribution in [1.29, 1.82) is 0 Å². The van der Waals surface area contributed by atoms with E-state index in [2.05, 4.69) is 36.3 Å². The fourth-order valence-electron chi connectivity index (χ4n) is 5.43. The Morgan fingerprint density at radius 2 is 1.86 bits per heavy atom. The Balaban J connectivity index is 1.63. The maximum Gasteiger partial charge on any atom is 0.258 e. The summed E-state index contributed by atoms with van der Waals surface area (Å²) >= 11 is 0. The van der Waals surface area contributed by atoms with Gasteiger partial charge in [-0.2, -0.15) is 0 Å². The minimum atomic E-state index is -0.330. The molecule has 2 aliphatic rings.